The molecule has 0 heterocycles. The fourth-order valence-corrected chi connectivity index (χ4v) is 1.94. The molecule has 21 heavy (non-hydrogen) atoms. The van der Waals surface area contributed by atoms with E-state index in [1.165, 1.54) is 18.2 Å². The van der Waals surface area contributed by atoms with Crippen LogP contribution in [0.2, 0.25) is 0 Å². The lowest BCUT2D eigenvalue weighted by Gasteiger charge is -2.14. The summed E-state index contributed by atoms with van der Waals surface area (Å²) < 4.78 is 43.1. The van der Waals surface area contributed by atoms with Crippen LogP contribution in [0.25, 0.3) is 0 Å². The van der Waals surface area contributed by atoms with Crippen LogP contribution in [0.3, 0.4) is 0 Å². The van der Waals surface area contributed by atoms with E-state index in [-0.39, 0.29) is 11.8 Å². The molecule has 0 bridgehead atoms. The number of hydrogen-bond donors (Lipinski definition) is 2. The quantitative estimate of drug-likeness (QED) is 0.844. The first kappa shape index (κ1) is 15.6. The molecule has 4 nitrogen and oxygen atoms in total. The molecule has 1 unspecified atom stereocenters. The first-order chi connectivity index (χ1) is 9.88. The first-order valence-corrected chi connectivity index (χ1v) is 6.69. The summed E-state index contributed by atoms with van der Waals surface area (Å²) in [4.78, 5) is 11.6. The van der Waals surface area contributed by atoms with Gasteiger partial charge in [0.15, 0.2) is 6.61 Å². The number of nitrogens with one attached hydrogen (secondary N) is 1. The lowest BCUT2D eigenvalue weighted by Crippen LogP contribution is -2.40. The third-order valence-corrected chi connectivity index (χ3v) is 3.31. The van der Waals surface area contributed by atoms with Crippen LogP contribution in [0.1, 0.15) is 18.4 Å². The van der Waals surface area contributed by atoms with Gasteiger partial charge in [-0.15, -0.1) is 0 Å². The number of ether oxygens (including phenoxy) is 1. The average molecular weight is 302 g/mol. The van der Waals surface area contributed by atoms with Gasteiger partial charge < -0.3 is 15.8 Å². The van der Waals surface area contributed by atoms with Gasteiger partial charge in [-0.3, -0.25) is 4.79 Å². The Labute approximate surface area is 120 Å². The van der Waals surface area contributed by atoms with Crippen molar-refractivity contribution in [2.45, 2.75) is 25.1 Å². The number of carbonyl (C=O) groups excluding carboxylic acids is 1. The molecule has 116 valence electrons. The number of hydrogen-bond acceptors (Lipinski definition) is 3. The molecule has 7 heteroatoms. The molecular formula is C14H17F3N2O2. The fraction of sp³-hybridized carbons (Fsp3) is 0.500. The monoisotopic (exact) mass is 302 g/mol. The number of nitrogens with two attached hydrogens (primary N) is 1. The van der Waals surface area contributed by atoms with E-state index in [4.69, 9.17) is 10.5 Å². The maximum absolute atomic E-state index is 12.7. The molecule has 3 N–H and O–H groups in total. The molecule has 0 saturated heterocycles. The predicted molar refractivity (Wildman–Crippen MR) is 70.6 cm³/mol. The van der Waals surface area contributed by atoms with Crippen LogP contribution >= 0.6 is 0 Å². The number of para-hydroxylation sites is 1. The molecule has 1 atom stereocenters. The second-order valence-electron chi connectivity index (χ2n) is 5.09. The largest absolute Gasteiger partial charge is 0.483 e. The molecule has 0 spiro atoms. The van der Waals surface area contributed by atoms with Crippen LogP contribution in [0.5, 0.6) is 5.75 Å². The summed E-state index contributed by atoms with van der Waals surface area (Å²) in [5.41, 5.74) is 4.92. The molecule has 1 aliphatic rings. The third kappa shape index (κ3) is 4.63. The van der Waals surface area contributed by atoms with E-state index in [0.29, 0.717) is 12.5 Å². The van der Waals surface area contributed by atoms with Gasteiger partial charge in [-0.25, -0.2) is 0 Å². The van der Waals surface area contributed by atoms with Gasteiger partial charge in [-0.2, -0.15) is 13.2 Å². The van der Waals surface area contributed by atoms with Crippen molar-refractivity contribution < 1.29 is 22.7 Å². The second kappa shape index (κ2) is 6.34. The molecule has 2 rings (SSSR count). The number of carbonyl (C=O) groups is 1. The standard InChI is InChI=1S/C14H17F3N2O2/c15-14(16,17)10-3-1-2-4-12(10)21-8-13(20)19-7-11(18)9-5-6-9/h1-4,9,11H,5-8,18H2,(H,19,20). The summed E-state index contributed by atoms with van der Waals surface area (Å²) >= 11 is 0. The molecule has 1 saturated carbocycles. The molecule has 0 radical (unpaired) electrons. The Kier molecular flexibility index (Phi) is 4.72. The minimum atomic E-state index is -4.51. The van der Waals surface area contributed by atoms with Crippen molar-refractivity contribution in [3.63, 3.8) is 0 Å². The van der Waals surface area contributed by atoms with E-state index in [9.17, 15) is 18.0 Å². The van der Waals surface area contributed by atoms with Crippen LogP contribution in [0, 0.1) is 5.92 Å². The highest BCUT2D eigenvalue weighted by atomic mass is 19.4. The molecule has 0 aromatic heterocycles. The second-order valence-corrected chi connectivity index (χ2v) is 5.09. The van der Waals surface area contributed by atoms with Crippen LogP contribution in [0.15, 0.2) is 24.3 Å². The van der Waals surface area contributed by atoms with Crippen molar-refractivity contribution in [2.75, 3.05) is 13.2 Å². The van der Waals surface area contributed by atoms with E-state index in [1.54, 1.807) is 0 Å². The maximum atomic E-state index is 12.7. The topological polar surface area (TPSA) is 64.3 Å². The zero-order valence-electron chi connectivity index (χ0n) is 11.3. The van der Waals surface area contributed by atoms with E-state index in [0.717, 1.165) is 18.9 Å². The summed E-state index contributed by atoms with van der Waals surface area (Å²) in [5, 5.41) is 2.56. The van der Waals surface area contributed by atoms with E-state index in [1.807, 2.05) is 0 Å². The lowest BCUT2D eigenvalue weighted by atomic mass is 10.2. The number of halogens is 3. The van der Waals surface area contributed by atoms with Crippen LogP contribution in [-0.2, 0) is 11.0 Å². The summed E-state index contributed by atoms with van der Waals surface area (Å²) in [5.74, 6) is -0.396. The van der Waals surface area contributed by atoms with E-state index < -0.39 is 24.3 Å². The van der Waals surface area contributed by atoms with E-state index in [2.05, 4.69) is 5.32 Å². The molecule has 1 aromatic rings. The van der Waals surface area contributed by atoms with Gasteiger partial charge in [0.1, 0.15) is 5.75 Å². The zero-order chi connectivity index (χ0) is 15.5. The maximum Gasteiger partial charge on any atom is 0.419 e. The Morgan fingerprint density at radius 1 is 1.38 bits per heavy atom. The van der Waals surface area contributed by atoms with Crippen LogP contribution in [-0.4, -0.2) is 25.1 Å². The first-order valence-electron chi connectivity index (χ1n) is 6.69. The Morgan fingerprint density at radius 3 is 2.67 bits per heavy atom. The van der Waals surface area contributed by atoms with Crippen LogP contribution < -0.4 is 15.8 Å². The SMILES string of the molecule is NC(CNC(=O)COc1ccccc1C(F)(F)F)C1CC1. The zero-order valence-corrected chi connectivity index (χ0v) is 11.3. The number of alkyl halides is 3. The molecular weight excluding hydrogens is 285 g/mol. The van der Waals surface area contributed by atoms with Crippen LogP contribution in [0.4, 0.5) is 13.2 Å². The highest BCUT2D eigenvalue weighted by Gasteiger charge is 2.34. The Morgan fingerprint density at radius 2 is 2.05 bits per heavy atom. The van der Waals surface area contributed by atoms with Crippen molar-refractivity contribution in [1.29, 1.82) is 0 Å². The Hall–Kier alpha value is -1.76. The summed E-state index contributed by atoms with van der Waals surface area (Å²) in [6.45, 7) is -0.155. The smallest absolute Gasteiger partial charge is 0.419 e. The van der Waals surface area contributed by atoms with Gasteiger partial charge in [-0.1, -0.05) is 12.1 Å². The predicted octanol–water partition coefficient (Wildman–Crippen LogP) is 1.94. The Balaban J connectivity index is 1.83. The minimum Gasteiger partial charge on any atom is -0.483 e. The fourth-order valence-electron chi connectivity index (χ4n) is 1.94. The van der Waals surface area contributed by atoms with Crippen molar-refractivity contribution in [1.82, 2.24) is 5.32 Å². The number of rotatable bonds is 6. The summed E-state index contributed by atoms with van der Waals surface area (Å²) in [6, 6.07) is 4.69. The van der Waals surface area contributed by atoms with Crippen molar-refractivity contribution in [3.8, 4) is 5.75 Å². The van der Waals surface area contributed by atoms with Gasteiger partial charge >= 0.3 is 6.18 Å². The van der Waals surface area contributed by atoms with Gasteiger partial charge in [0.05, 0.1) is 5.56 Å². The van der Waals surface area contributed by atoms with E-state index >= 15 is 0 Å². The highest BCUT2D eigenvalue weighted by Crippen LogP contribution is 2.35. The Bertz CT molecular complexity index is 501. The van der Waals surface area contributed by atoms with Crippen molar-refractivity contribution in [2.24, 2.45) is 11.7 Å². The summed E-state index contributed by atoms with van der Waals surface area (Å²) in [6.07, 6.45) is -2.39. The third-order valence-electron chi connectivity index (χ3n) is 3.31. The van der Waals surface area contributed by atoms with Gasteiger partial charge in [0.25, 0.3) is 5.91 Å². The van der Waals surface area contributed by atoms with Gasteiger partial charge in [0.2, 0.25) is 0 Å². The highest BCUT2D eigenvalue weighted by molar-refractivity contribution is 5.77. The minimum absolute atomic E-state index is 0.101. The molecule has 0 aliphatic heterocycles. The van der Waals surface area contributed by atoms with Crippen molar-refractivity contribution >= 4 is 5.91 Å². The van der Waals surface area contributed by atoms with Gasteiger partial charge in [-0.05, 0) is 30.9 Å². The van der Waals surface area contributed by atoms with Crippen molar-refractivity contribution in [3.05, 3.63) is 29.8 Å². The summed E-state index contributed by atoms with van der Waals surface area (Å²) in [7, 11) is 0. The molecule has 1 aromatic carbocycles. The normalized spacial score (nSPS) is 16.4. The molecule has 1 amide bonds. The molecule has 1 aliphatic carbocycles. The lowest BCUT2D eigenvalue weighted by molar-refractivity contribution is -0.139. The number of benzene rings is 1. The molecule has 1 fully saturated rings. The number of amides is 1. The average Bonchev–Trinajstić information content (AvgIpc) is 3.26. The van der Waals surface area contributed by atoms with Gasteiger partial charge in [0, 0.05) is 12.6 Å².